The lowest BCUT2D eigenvalue weighted by Gasteiger charge is -2.33. The van der Waals surface area contributed by atoms with Gasteiger partial charge < -0.3 is 0 Å². The molecule has 2 N–H and O–H groups in total. The van der Waals surface area contributed by atoms with Crippen LogP contribution in [0, 0.1) is 22.2 Å². The van der Waals surface area contributed by atoms with E-state index in [1.54, 1.807) is 0 Å². The molecule has 0 heterocycles. The Kier molecular flexibility index (Phi) is 10.1. The fourth-order valence-electron chi connectivity index (χ4n) is 2.08. The second-order valence-electron chi connectivity index (χ2n) is 4.57. The van der Waals surface area contributed by atoms with E-state index >= 15 is 0 Å². The van der Waals surface area contributed by atoms with E-state index in [1.807, 2.05) is 0 Å². The summed E-state index contributed by atoms with van der Waals surface area (Å²) in [7, 11) is 0. The summed E-state index contributed by atoms with van der Waals surface area (Å²) in [6.07, 6.45) is 7.29. The predicted molar refractivity (Wildman–Crippen MR) is 58.2 cm³/mol. The third-order valence-corrected chi connectivity index (χ3v) is 2.45. The van der Waals surface area contributed by atoms with E-state index in [-0.39, 0.29) is 0 Å². The lowest BCUT2D eigenvalue weighted by atomic mass is 9.73. The van der Waals surface area contributed by atoms with Gasteiger partial charge in [-0.05, 0) is 24.2 Å². The second-order valence-corrected chi connectivity index (χ2v) is 4.57. The van der Waals surface area contributed by atoms with Crippen molar-refractivity contribution in [2.24, 2.45) is 11.3 Å². The first-order valence-electron chi connectivity index (χ1n) is 5.01. The van der Waals surface area contributed by atoms with E-state index in [0.29, 0.717) is 5.41 Å². The van der Waals surface area contributed by atoms with Gasteiger partial charge in [-0.15, -0.1) is 0 Å². The third-order valence-electron chi connectivity index (χ3n) is 2.45. The van der Waals surface area contributed by atoms with E-state index < -0.39 is 0 Å². The van der Waals surface area contributed by atoms with Crippen molar-refractivity contribution in [1.29, 1.82) is 10.8 Å². The van der Waals surface area contributed by atoms with Crippen molar-refractivity contribution in [3.63, 3.8) is 0 Å². The van der Waals surface area contributed by atoms with Crippen LogP contribution in [-0.2, 0) is 9.59 Å². The molecule has 0 amide bonds. The van der Waals surface area contributed by atoms with E-state index in [4.69, 9.17) is 20.4 Å². The Morgan fingerprint density at radius 1 is 1.20 bits per heavy atom. The average molecular weight is 212 g/mol. The maximum atomic E-state index is 8.35. The molecule has 1 rings (SSSR count). The smallest absolute Gasteiger partial charge is 0.222 e. The van der Waals surface area contributed by atoms with Gasteiger partial charge in [-0.2, -0.15) is 0 Å². The van der Waals surface area contributed by atoms with E-state index in [9.17, 15) is 0 Å². The summed E-state index contributed by atoms with van der Waals surface area (Å²) < 4.78 is 0. The minimum absolute atomic E-state index is 0.650. The zero-order valence-corrected chi connectivity index (χ0v) is 9.72. The van der Waals surface area contributed by atoms with Crippen molar-refractivity contribution in [2.75, 3.05) is 0 Å². The Morgan fingerprint density at radius 3 is 1.80 bits per heavy atom. The van der Waals surface area contributed by atoms with E-state index in [0.717, 1.165) is 18.1 Å². The zero-order chi connectivity index (χ0) is 12.3. The van der Waals surface area contributed by atoms with Crippen molar-refractivity contribution in [1.82, 2.24) is 0 Å². The highest BCUT2D eigenvalue weighted by atomic mass is 16.1. The van der Waals surface area contributed by atoms with Crippen molar-refractivity contribution < 1.29 is 9.59 Å². The highest BCUT2D eigenvalue weighted by Gasteiger charge is 2.24. The summed E-state index contributed by atoms with van der Waals surface area (Å²) in [5.41, 5.74) is 0.650. The number of isocyanates is 2. The van der Waals surface area contributed by atoms with Gasteiger partial charge in [0.15, 0.2) is 0 Å². The van der Waals surface area contributed by atoms with Gasteiger partial charge in [-0.25, -0.2) is 20.4 Å². The monoisotopic (exact) mass is 212 g/mol. The van der Waals surface area contributed by atoms with Crippen LogP contribution in [0.5, 0.6) is 0 Å². The van der Waals surface area contributed by atoms with Gasteiger partial charge in [0.1, 0.15) is 0 Å². The van der Waals surface area contributed by atoms with E-state index in [2.05, 4.69) is 20.8 Å². The minimum Gasteiger partial charge on any atom is -0.222 e. The normalized spacial score (nSPS) is 21.7. The molecule has 0 aliphatic heterocycles. The Labute approximate surface area is 91.1 Å². The molecule has 0 aromatic carbocycles. The van der Waals surface area contributed by atoms with Crippen LogP contribution >= 0.6 is 0 Å². The molecule has 1 atom stereocenters. The lowest BCUT2D eigenvalue weighted by molar-refractivity contribution is 0.191. The van der Waals surface area contributed by atoms with Crippen LogP contribution in [0.4, 0.5) is 0 Å². The molecular weight excluding hydrogens is 192 g/mol. The molecule has 86 valence electrons. The fraction of sp³-hybridized carbons (Fsp3) is 0.818. The molecular formula is C11H20N2O2. The topological polar surface area (TPSA) is 81.8 Å². The third kappa shape index (κ3) is 12.8. The quantitative estimate of drug-likeness (QED) is 0.478. The lowest BCUT2D eigenvalue weighted by Crippen LogP contribution is -2.20. The van der Waals surface area contributed by atoms with Crippen molar-refractivity contribution in [3.8, 4) is 0 Å². The molecule has 0 aromatic heterocycles. The van der Waals surface area contributed by atoms with E-state index in [1.165, 1.54) is 25.7 Å². The van der Waals surface area contributed by atoms with Crippen LogP contribution in [0.15, 0.2) is 0 Å². The Bertz CT molecular complexity index is 213. The first-order chi connectivity index (χ1) is 6.93. The van der Waals surface area contributed by atoms with Crippen molar-refractivity contribution >= 4 is 12.2 Å². The highest BCUT2D eigenvalue weighted by molar-refractivity contribution is 5.26. The molecule has 15 heavy (non-hydrogen) atoms. The predicted octanol–water partition coefficient (Wildman–Crippen LogP) is 3.02. The standard InChI is InChI=1S/C9H18.2CHNO/c1-8-5-4-6-9(2,3)7-8;2*2-1-3/h8H,4-7H2,1-3H3;2*2H. The first kappa shape index (κ1) is 16.2. The second kappa shape index (κ2) is 9.32. The van der Waals surface area contributed by atoms with Crippen LogP contribution in [0.3, 0.4) is 0 Å². The van der Waals surface area contributed by atoms with Crippen molar-refractivity contribution in [2.45, 2.75) is 46.5 Å². The summed E-state index contributed by atoms with van der Waals surface area (Å²) in [5, 5.41) is 10.8. The summed E-state index contributed by atoms with van der Waals surface area (Å²) in [4.78, 5) is 16.7. The molecule has 0 radical (unpaired) electrons. The molecule has 4 heteroatoms. The van der Waals surface area contributed by atoms with Gasteiger partial charge in [0.05, 0.1) is 0 Å². The number of hydrogen-bond donors (Lipinski definition) is 2. The number of rotatable bonds is 0. The first-order valence-corrected chi connectivity index (χ1v) is 5.01. The highest BCUT2D eigenvalue weighted by Crippen LogP contribution is 2.37. The Hall–Kier alpha value is -1.24. The molecule has 1 unspecified atom stereocenters. The number of carbonyl (C=O) groups excluding carboxylic acids is 2. The molecule has 1 saturated carbocycles. The summed E-state index contributed by atoms with van der Waals surface area (Å²) >= 11 is 0. The van der Waals surface area contributed by atoms with Gasteiger partial charge in [0.2, 0.25) is 12.2 Å². The number of hydrogen-bond acceptors (Lipinski definition) is 4. The molecule has 4 nitrogen and oxygen atoms in total. The largest absolute Gasteiger partial charge is 0.231 e. The van der Waals surface area contributed by atoms with Crippen molar-refractivity contribution in [3.05, 3.63) is 0 Å². The van der Waals surface area contributed by atoms with Crippen LogP contribution in [0.1, 0.15) is 46.5 Å². The molecule has 1 aliphatic rings. The van der Waals surface area contributed by atoms with Gasteiger partial charge in [0, 0.05) is 0 Å². The molecule has 1 fully saturated rings. The minimum atomic E-state index is 0.650. The van der Waals surface area contributed by atoms with Crippen LogP contribution in [0.25, 0.3) is 0 Å². The Balaban J connectivity index is 0. The number of nitrogens with one attached hydrogen (secondary N) is 2. The van der Waals surface area contributed by atoms with Crippen LogP contribution < -0.4 is 0 Å². The summed E-state index contributed by atoms with van der Waals surface area (Å²) in [5.74, 6) is 0.980. The Morgan fingerprint density at radius 2 is 1.60 bits per heavy atom. The maximum Gasteiger partial charge on any atom is 0.231 e. The molecule has 0 bridgehead atoms. The average Bonchev–Trinajstić information content (AvgIpc) is 2.03. The molecule has 1 aliphatic carbocycles. The zero-order valence-electron chi connectivity index (χ0n) is 9.72. The van der Waals surface area contributed by atoms with Gasteiger partial charge in [-0.1, -0.05) is 33.6 Å². The summed E-state index contributed by atoms with van der Waals surface area (Å²) in [6.45, 7) is 7.16. The van der Waals surface area contributed by atoms with Gasteiger partial charge in [0.25, 0.3) is 0 Å². The molecule has 0 saturated heterocycles. The fourth-order valence-corrected chi connectivity index (χ4v) is 2.08. The van der Waals surface area contributed by atoms with Gasteiger partial charge >= 0.3 is 0 Å². The SMILES string of the molecule is CC1CCCC(C)(C)C1.N=C=O.N=C=O. The van der Waals surface area contributed by atoms with Crippen LogP contribution in [-0.4, -0.2) is 12.2 Å². The molecule has 0 spiro atoms. The maximum absolute atomic E-state index is 8.35. The summed E-state index contributed by atoms with van der Waals surface area (Å²) in [6, 6.07) is 0. The van der Waals surface area contributed by atoms with Gasteiger partial charge in [-0.3, -0.25) is 0 Å². The molecule has 0 aromatic rings. The van der Waals surface area contributed by atoms with Crippen LogP contribution in [0.2, 0.25) is 0 Å².